The van der Waals surface area contributed by atoms with E-state index in [9.17, 15) is 9.18 Å². The number of carbonyl (C=O) groups excluding carboxylic acids is 1. The number of nitrogens with one attached hydrogen (secondary N) is 1. The maximum absolute atomic E-state index is 14.2. The summed E-state index contributed by atoms with van der Waals surface area (Å²) in [4.78, 5) is 12.5. The Morgan fingerprint density at radius 1 is 0.969 bits per heavy atom. The maximum atomic E-state index is 14.2. The summed E-state index contributed by atoms with van der Waals surface area (Å²) in [7, 11) is 1.75. The molecule has 0 saturated heterocycles. The molecule has 3 aromatic carbocycles. The number of carbonyl (C=O) groups is 1. The van der Waals surface area contributed by atoms with E-state index in [1.54, 1.807) is 29.9 Å². The van der Waals surface area contributed by atoms with E-state index in [0.717, 1.165) is 22.4 Å². The van der Waals surface area contributed by atoms with Crippen LogP contribution < -0.4 is 10.1 Å². The van der Waals surface area contributed by atoms with Gasteiger partial charge in [-0.3, -0.25) is 4.79 Å². The molecule has 5 nitrogen and oxygen atoms in total. The lowest BCUT2D eigenvalue weighted by molar-refractivity contribution is -0.121. The van der Waals surface area contributed by atoms with Crippen molar-refractivity contribution in [3.63, 3.8) is 0 Å². The van der Waals surface area contributed by atoms with Gasteiger partial charge < -0.3 is 10.1 Å². The van der Waals surface area contributed by atoms with E-state index >= 15 is 0 Å². The molecule has 0 aliphatic rings. The number of nitrogens with zero attached hydrogens (tertiary/aromatic N) is 2. The largest absolute Gasteiger partial charge is 0.436 e. The van der Waals surface area contributed by atoms with Crippen molar-refractivity contribution >= 4 is 5.91 Å². The van der Waals surface area contributed by atoms with Crippen LogP contribution >= 0.6 is 0 Å². The number of rotatable bonds is 8. The minimum Gasteiger partial charge on any atom is -0.436 e. The molecule has 162 valence electrons. The number of hydrogen-bond donors (Lipinski definition) is 1. The molecule has 0 atom stereocenters. The summed E-state index contributed by atoms with van der Waals surface area (Å²) in [6, 6.07) is 25.7. The van der Waals surface area contributed by atoms with Crippen LogP contribution in [-0.2, 0) is 24.8 Å². The van der Waals surface area contributed by atoms with Gasteiger partial charge in [-0.15, -0.1) is 0 Å². The van der Waals surface area contributed by atoms with Crippen molar-refractivity contribution in [3.8, 4) is 22.9 Å². The number of hydrogen-bond acceptors (Lipinski definition) is 3. The molecule has 0 unspecified atom stereocenters. The lowest BCUT2D eigenvalue weighted by atomic mass is 10.0. The first kappa shape index (κ1) is 21.3. The van der Waals surface area contributed by atoms with Crippen LogP contribution in [0.5, 0.6) is 11.6 Å². The first-order valence-corrected chi connectivity index (χ1v) is 10.5. The Balaban J connectivity index is 1.57. The molecule has 1 N–H and O–H groups in total. The summed E-state index contributed by atoms with van der Waals surface area (Å²) in [5.41, 5.74) is 3.43. The van der Waals surface area contributed by atoms with Gasteiger partial charge in [0.15, 0.2) is 11.6 Å². The second-order valence-electron chi connectivity index (χ2n) is 7.42. The number of para-hydroxylation sites is 1. The predicted molar refractivity (Wildman–Crippen MR) is 122 cm³/mol. The average molecular weight is 429 g/mol. The van der Waals surface area contributed by atoms with Gasteiger partial charge in [-0.1, -0.05) is 72.8 Å². The Morgan fingerprint density at radius 2 is 1.62 bits per heavy atom. The zero-order chi connectivity index (χ0) is 22.3. The predicted octanol–water partition coefficient (Wildman–Crippen LogP) is 5.27. The van der Waals surface area contributed by atoms with Gasteiger partial charge in [0, 0.05) is 31.1 Å². The molecule has 0 spiro atoms. The smallest absolute Gasteiger partial charge is 0.221 e. The van der Waals surface area contributed by atoms with E-state index in [1.807, 2.05) is 60.7 Å². The number of halogens is 1. The first-order valence-electron chi connectivity index (χ1n) is 10.5. The second kappa shape index (κ2) is 9.92. The highest BCUT2D eigenvalue weighted by molar-refractivity contribution is 5.77. The third-order valence-electron chi connectivity index (χ3n) is 5.11. The molecule has 0 radical (unpaired) electrons. The van der Waals surface area contributed by atoms with E-state index in [-0.39, 0.29) is 18.1 Å². The Kier molecular flexibility index (Phi) is 6.60. The third kappa shape index (κ3) is 5.03. The molecular formula is C26H24FN3O2. The van der Waals surface area contributed by atoms with Crippen LogP contribution in [0.2, 0.25) is 0 Å². The van der Waals surface area contributed by atoms with Crippen molar-refractivity contribution in [3.05, 3.63) is 102 Å². The second-order valence-corrected chi connectivity index (χ2v) is 7.42. The minimum absolute atomic E-state index is 0.0754. The van der Waals surface area contributed by atoms with Crippen molar-refractivity contribution in [1.29, 1.82) is 0 Å². The monoisotopic (exact) mass is 429 g/mol. The molecule has 0 bridgehead atoms. The number of ether oxygens (including phenoxy) is 1. The topological polar surface area (TPSA) is 56.2 Å². The van der Waals surface area contributed by atoms with Crippen molar-refractivity contribution in [2.75, 3.05) is 0 Å². The van der Waals surface area contributed by atoms with Crippen LogP contribution in [0.3, 0.4) is 0 Å². The van der Waals surface area contributed by atoms with E-state index in [1.165, 1.54) is 6.07 Å². The SMILES string of the molecule is Cn1nc(-c2ccccc2)c(CCC(=O)NCc2ccccc2)c1Oc1ccccc1F. The summed E-state index contributed by atoms with van der Waals surface area (Å²) in [6.45, 7) is 0.469. The Labute approximate surface area is 186 Å². The van der Waals surface area contributed by atoms with E-state index in [2.05, 4.69) is 10.4 Å². The van der Waals surface area contributed by atoms with Crippen molar-refractivity contribution < 1.29 is 13.9 Å². The highest BCUT2D eigenvalue weighted by Gasteiger charge is 2.21. The van der Waals surface area contributed by atoms with Crippen LogP contribution in [0.25, 0.3) is 11.3 Å². The lowest BCUT2D eigenvalue weighted by Gasteiger charge is -2.10. The van der Waals surface area contributed by atoms with Gasteiger partial charge in [-0.25, -0.2) is 9.07 Å². The highest BCUT2D eigenvalue weighted by Crippen LogP contribution is 2.34. The molecule has 0 aliphatic carbocycles. The molecule has 0 aliphatic heterocycles. The lowest BCUT2D eigenvalue weighted by Crippen LogP contribution is -2.23. The van der Waals surface area contributed by atoms with E-state index in [0.29, 0.717) is 18.8 Å². The molecule has 1 heterocycles. The Hall–Kier alpha value is -3.93. The summed E-state index contributed by atoms with van der Waals surface area (Å²) in [6.07, 6.45) is 0.661. The van der Waals surface area contributed by atoms with Gasteiger partial charge in [-0.2, -0.15) is 5.10 Å². The van der Waals surface area contributed by atoms with Gasteiger partial charge in [0.2, 0.25) is 11.8 Å². The quantitative estimate of drug-likeness (QED) is 0.415. The minimum atomic E-state index is -0.457. The summed E-state index contributed by atoms with van der Waals surface area (Å²) >= 11 is 0. The summed E-state index contributed by atoms with van der Waals surface area (Å²) < 4.78 is 21.7. The van der Waals surface area contributed by atoms with Crippen LogP contribution in [0, 0.1) is 5.82 Å². The van der Waals surface area contributed by atoms with Crippen LogP contribution in [0.1, 0.15) is 17.5 Å². The number of amides is 1. The van der Waals surface area contributed by atoms with Gasteiger partial charge in [0.25, 0.3) is 0 Å². The van der Waals surface area contributed by atoms with Gasteiger partial charge in [0.1, 0.15) is 0 Å². The molecule has 0 fully saturated rings. The Morgan fingerprint density at radius 3 is 2.34 bits per heavy atom. The zero-order valence-electron chi connectivity index (χ0n) is 17.8. The standard InChI is InChI=1S/C26H24FN3O2/c1-30-26(32-23-15-9-8-14-22(23)27)21(25(29-30)20-12-6-3-7-13-20)16-17-24(31)28-18-19-10-4-2-5-11-19/h2-15H,16-18H2,1H3,(H,28,31). The molecule has 6 heteroatoms. The van der Waals surface area contributed by atoms with Crippen LogP contribution in [0.4, 0.5) is 4.39 Å². The molecule has 1 amide bonds. The van der Waals surface area contributed by atoms with Crippen LogP contribution in [0.15, 0.2) is 84.9 Å². The van der Waals surface area contributed by atoms with E-state index < -0.39 is 5.82 Å². The Bertz CT molecular complexity index is 1190. The number of benzene rings is 3. The average Bonchev–Trinajstić information content (AvgIpc) is 3.14. The molecule has 4 aromatic rings. The molecule has 1 aromatic heterocycles. The molecule has 32 heavy (non-hydrogen) atoms. The maximum Gasteiger partial charge on any atom is 0.221 e. The fourth-order valence-electron chi connectivity index (χ4n) is 3.49. The number of aromatic nitrogens is 2. The highest BCUT2D eigenvalue weighted by atomic mass is 19.1. The zero-order valence-corrected chi connectivity index (χ0v) is 17.8. The van der Waals surface area contributed by atoms with Gasteiger partial charge >= 0.3 is 0 Å². The first-order chi connectivity index (χ1) is 15.6. The van der Waals surface area contributed by atoms with Crippen molar-refractivity contribution in [1.82, 2.24) is 15.1 Å². The van der Waals surface area contributed by atoms with Gasteiger partial charge in [0.05, 0.1) is 5.69 Å². The fourth-order valence-corrected chi connectivity index (χ4v) is 3.49. The molecular weight excluding hydrogens is 405 g/mol. The van der Waals surface area contributed by atoms with E-state index in [4.69, 9.17) is 4.74 Å². The van der Waals surface area contributed by atoms with Gasteiger partial charge in [-0.05, 0) is 24.1 Å². The van der Waals surface area contributed by atoms with Crippen LogP contribution in [-0.4, -0.2) is 15.7 Å². The third-order valence-corrected chi connectivity index (χ3v) is 5.11. The normalized spacial score (nSPS) is 10.7. The molecule has 4 rings (SSSR count). The van der Waals surface area contributed by atoms with Crippen molar-refractivity contribution in [2.45, 2.75) is 19.4 Å². The molecule has 0 saturated carbocycles. The number of aryl methyl sites for hydroxylation is 1. The summed E-state index contributed by atoms with van der Waals surface area (Å²) in [5, 5.41) is 7.56. The summed E-state index contributed by atoms with van der Waals surface area (Å²) in [5.74, 6) is 0.00442. The fraction of sp³-hybridized carbons (Fsp3) is 0.154. The van der Waals surface area contributed by atoms with Crippen molar-refractivity contribution in [2.24, 2.45) is 7.05 Å².